The van der Waals surface area contributed by atoms with E-state index in [1.807, 2.05) is 24.3 Å². The lowest BCUT2D eigenvalue weighted by Crippen LogP contribution is -2.05. The fourth-order valence-electron chi connectivity index (χ4n) is 2.05. The summed E-state index contributed by atoms with van der Waals surface area (Å²) in [7, 11) is 3.11. The number of carbonyl (C=O) groups is 1. The van der Waals surface area contributed by atoms with E-state index in [2.05, 4.69) is 0 Å². The third-order valence-electron chi connectivity index (χ3n) is 3.11. The van der Waals surface area contributed by atoms with Crippen LogP contribution in [0, 0.1) is 0 Å². The first-order valence-electron chi connectivity index (χ1n) is 7.18. The molecule has 0 radical (unpaired) electrons. The van der Waals surface area contributed by atoms with Crippen molar-refractivity contribution in [2.45, 2.75) is 6.42 Å². The van der Waals surface area contributed by atoms with Crippen LogP contribution in [0.3, 0.4) is 0 Å². The van der Waals surface area contributed by atoms with Gasteiger partial charge in [-0.05, 0) is 29.8 Å². The molecule has 5 nitrogen and oxygen atoms in total. The van der Waals surface area contributed by atoms with E-state index in [0.29, 0.717) is 17.1 Å². The van der Waals surface area contributed by atoms with Crippen molar-refractivity contribution >= 4 is 5.78 Å². The Balaban J connectivity index is 2.03. The molecule has 122 valence electrons. The number of rotatable bonds is 9. The Labute approximate surface area is 135 Å². The molecule has 0 fully saturated rings. The Morgan fingerprint density at radius 1 is 0.870 bits per heavy atom. The number of carbonyl (C=O) groups excluding carboxylic acids is 1. The molecule has 2 rings (SSSR count). The minimum absolute atomic E-state index is 0.0109. The number of Topliss-reactive ketones (excluding diaryl/α,β-unsaturated/α-hetero) is 1. The first-order chi connectivity index (χ1) is 11.2. The summed E-state index contributed by atoms with van der Waals surface area (Å²) in [4.78, 5) is 12.4. The molecule has 0 atom stereocenters. The molecule has 5 heteroatoms. The Kier molecular flexibility index (Phi) is 6.59. The Morgan fingerprint density at radius 3 is 2.13 bits per heavy atom. The van der Waals surface area contributed by atoms with E-state index in [9.17, 15) is 4.79 Å². The van der Waals surface area contributed by atoms with E-state index < -0.39 is 0 Å². The fourth-order valence-corrected chi connectivity index (χ4v) is 2.05. The van der Waals surface area contributed by atoms with Crippen molar-refractivity contribution in [1.29, 1.82) is 0 Å². The molecule has 0 aromatic heterocycles. The summed E-state index contributed by atoms with van der Waals surface area (Å²) in [6.07, 6.45) is 0.290. The zero-order valence-electron chi connectivity index (χ0n) is 13.3. The van der Waals surface area contributed by atoms with Gasteiger partial charge in [0, 0.05) is 26.2 Å². The van der Waals surface area contributed by atoms with E-state index in [-0.39, 0.29) is 25.8 Å². The average molecular weight is 316 g/mol. The van der Waals surface area contributed by atoms with Gasteiger partial charge in [-0.25, -0.2) is 0 Å². The SMILES string of the molecule is COCOc1cccc(CC(=O)c2cccc(OCOC)c2)c1. The van der Waals surface area contributed by atoms with Crippen molar-refractivity contribution in [3.8, 4) is 11.5 Å². The van der Waals surface area contributed by atoms with Crippen LogP contribution < -0.4 is 9.47 Å². The lowest BCUT2D eigenvalue weighted by molar-refractivity contribution is 0.0508. The van der Waals surface area contributed by atoms with Crippen molar-refractivity contribution in [2.75, 3.05) is 27.8 Å². The molecule has 0 aliphatic rings. The van der Waals surface area contributed by atoms with Gasteiger partial charge in [0.1, 0.15) is 11.5 Å². The summed E-state index contributed by atoms with van der Waals surface area (Å²) in [5.41, 5.74) is 1.48. The van der Waals surface area contributed by atoms with Gasteiger partial charge in [0.15, 0.2) is 19.4 Å². The molecule has 0 unspecified atom stereocenters. The highest BCUT2D eigenvalue weighted by atomic mass is 16.7. The molecule has 0 aliphatic heterocycles. The molecule has 0 bridgehead atoms. The Hall–Kier alpha value is -2.37. The number of hydrogen-bond acceptors (Lipinski definition) is 5. The largest absolute Gasteiger partial charge is 0.468 e. The molecule has 0 amide bonds. The smallest absolute Gasteiger partial charge is 0.188 e. The first-order valence-corrected chi connectivity index (χ1v) is 7.18. The van der Waals surface area contributed by atoms with Gasteiger partial charge < -0.3 is 18.9 Å². The predicted molar refractivity (Wildman–Crippen MR) is 85.9 cm³/mol. The average Bonchev–Trinajstić information content (AvgIpc) is 2.58. The lowest BCUT2D eigenvalue weighted by atomic mass is 10.0. The maximum absolute atomic E-state index is 12.4. The highest BCUT2D eigenvalue weighted by Crippen LogP contribution is 2.18. The summed E-state index contributed by atoms with van der Waals surface area (Å²) in [5.74, 6) is 1.29. The predicted octanol–water partition coefficient (Wildman–Crippen LogP) is 3.08. The highest BCUT2D eigenvalue weighted by Gasteiger charge is 2.09. The van der Waals surface area contributed by atoms with E-state index in [0.717, 1.165) is 5.56 Å². The van der Waals surface area contributed by atoms with Crippen molar-refractivity contribution in [1.82, 2.24) is 0 Å². The third-order valence-corrected chi connectivity index (χ3v) is 3.11. The zero-order chi connectivity index (χ0) is 16.5. The number of hydrogen-bond donors (Lipinski definition) is 0. The fraction of sp³-hybridized carbons (Fsp3) is 0.278. The van der Waals surface area contributed by atoms with Gasteiger partial charge in [0.05, 0.1) is 0 Å². The second kappa shape index (κ2) is 8.92. The molecule has 23 heavy (non-hydrogen) atoms. The third kappa shape index (κ3) is 5.39. The molecule has 0 aliphatic carbocycles. The Morgan fingerprint density at radius 2 is 1.48 bits per heavy atom. The van der Waals surface area contributed by atoms with Gasteiger partial charge in [0.25, 0.3) is 0 Å². The molecular formula is C18H20O5. The second-order valence-corrected chi connectivity index (χ2v) is 4.88. The van der Waals surface area contributed by atoms with E-state index >= 15 is 0 Å². The van der Waals surface area contributed by atoms with Gasteiger partial charge in [-0.3, -0.25) is 4.79 Å². The van der Waals surface area contributed by atoms with Crippen LogP contribution >= 0.6 is 0 Å². The second-order valence-electron chi connectivity index (χ2n) is 4.88. The van der Waals surface area contributed by atoms with Gasteiger partial charge in [-0.15, -0.1) is 0 Å². The molecule has 0 saturated carbocycles. The topological polar surface area (TPSA) is 54.0 Å². The van der Waals surface area contributed by atoms with Crippen molar-refractivity contribution in [3.63, 3.8) is 0 Å². The van der Waals surface area contributed by atoms with E-state index in [1.54, 1.807) is 38.5 Å². The van der Waals surface area contributed by atoms with Crippen LogP contribution in [0.1, 0.15) is 15.9 Å². The summed E-state index contributed by atoms with van der Waals surface area (Å²) >= 11 is 0. The van der Waals surface area contributed by atoms with Gasteiger partial charge in [-0.1, -0.05) is 24.3 Å². The molecule has 0 N–H and O–H groups in total. The van der Waals surface area contributed by atoms with Crippen LogP contribution in [0.4, 0.5) is 0 Å². The summed E-state index contributed by atoms with van der Waals surface area (Å²) in [6, 6.07) is 14.5. The minimum atomic E-state index is 0.0109. The molecule has 0 heterocycles. The van der Waals surface area contributed by atoms with Gasteiger partial charge >= 0.3 is 0 Å². The molecule has 2 aromatic rings. The highest BCUT2D eigenvalue weighted by molar-refractivity contribution is 5.97. The lowest BCUT2D eigenvalue weighted by Gasteiger charge is -2.08. The summed E-state index contributed by atoms with van der Waals surface area (Å²) < 4.78 is 20.5. The minimum Gasteiger partial charge on any atom is -0.468 e. The van der Waals surface area contributed by atoms with Crippen LogP contribution in [0.5, 0.6) is 11.5 Å². The quantitative estimate of drug-likeness (QED) is 0.525. The van der Waals surface area contributed by atoms with Crippen LogP contribution in [0.15, 0.2) is 48.5 Å². The molecular weight excluding hydrogens is 296 g/mol. The van der Waals surface area contributed by atoms with Crippen LogP contribution in [0.2, 0.25) is 0 Å². The summed E-state index contributed by atoms with van der Waals surface area (Å²) in [6.45, 7) is 0.326. The maximum Gasteiger partial charge on any atom is 0.188 e. The number of ether oxygens (including phenoxy) is 4. The van der Waals surface area contributed by atoms with Crippen molar-refractivity contribution in [3.05, 3.63) is 59.7 Å². The van der Waals surface area contributed by atoms with Crippen LogP contribution in [-0.2, 0) is 15.9 Å². The van der Waals surface area contributed by atoms with E-state index in [4.69, 9.17) is 18.9 Å². The Bertz CT molecular complexity index is 639. The summed E-state index contributed by atoms with van der Waals surface area (Å²) in [5, 5.41) is 0. The normalized spacial score (nSPS) is 10.3. The van der Waals surface area contributed by atoms with Gasteiger partial charge in [-0.2, -0.15) is 0 Å². The molecule has 2 aromatic carbocycles. The van der Waals surface area contributed by atoms with Crippen LogP contribution in [-0.4, -0.2) is 33.6 Å². The zero-order valence-corrected chi connectivity index (χ0v) is 13.3. The molecule has 0 saturated heterocycles. The standard InChI is InChI=1S/C18H20O5/c1-20-12-22-16-7-3-5-14(9-16)10-18(19)15-6-4-8-17(11-15)23-13-21-2/h3-9,11H,10,12-13H2,1-2H3. The monoisotopic (exact) mass is 316 g/mol. The van der Waals surface area contributed by atoms with Crippen LogP contribution in [0.25, 0.3) is 0 Å². The number of ketones is 1. The first kappa shape index (κ1) is 17.0. The van der Waals surface area contributed by atoms with Crippen molar-refractivity contribution < 1.29 is 23.7 Å². The van der Waals surface area contributed by atoms with Crippen molar-refractivity contribution in [2.24, 2.45) is 0 Å². The number of benzene rings is 2. The number of methoxy groups -OCH3 is 2. The molecule has 0 spiro atoms. The van der Waals surface area contributed by atoms with Gasteiger partial charge in [0.2, 0.25) is 0 Å². The van der Waals surface area contributed by atoms with E-state index in [1.165, 1.54) is 0 Å². The maximum atomic E-state index is 12.4.